The number of piperazine rings is 1. The number of nitrogens with zero attached hydrogens (tertiary/aromatic N) is 5. The maximum absolute atomic E-state index is 6.54. The van der Waals surface area contributed by atoms with E-state index in [-0.39, 0.29) is 6.10 Å². The van der Waals surface area contributed by atoms with Gasteiger partial charge in [-0.2, -0.15) is 0 Å². The third kappa shape index (κ3) is 6.05. The first-order valence-electron chi connectivity index (χ1n) is 13.0. The first-order valence-corrected chi connectivity index (χ1v) is 14.3. The van der Waals surface area contributed by atoms with Crippen molar-refractivity contribution in [1.29, 1.82) is 0 Å². The van der Waals surface area contributed by atoms with Crippen molar-refractivity contribution in [3.8, 4) is 11.5 Å². The van der Waals surface area contributed by atoms with Gasteiger partial charge < -0.3 is 29.9 Å². The Morgan fingerprint density at radius 1 is 1.22 bits per heavy atom. The van der Waals surface area contributed by atoms with Gasteiger partial charge in [0.1, 0.15) is 23.3 Å². The number of nitrogens with one attached hydrogen (secondary N) is 2. The Morgan fingerprint density at radius 2 is 2.08 bits per heavy atom. The number of rotatable bonds is 8. The summed E-state index contributed by atoms with van der Waals surface area (Å²) in [6.45, 7) is 8.21. The summed E-state index contributed by atoms with van der Waals surface area (Å²) in [7, 11) is 1.69. The zero-order valence-corrected chi connectivity index (χ0v) is 23.1. The molecule has 0 radical (unpaired) electrons. The predicted octanol–water partition coefficient (Wildman–Crippen LogP) is 3.45. The molecule has 2 aromatic heterocycles. The van der Waals surface area contributed by atoms with Gasteiger partial charge >= 0.3 is 0 Å². The molecule has 2 N–H and O–H groups in total. The second-order valence-electron chi connectivity index (χ2n) is 9.45. The van der Waals surface area contributed by atoms with E-state index in [1.54, 1.807) is 24.8 Å². The number of hydrogen-bond acceptors (Lipinski definition) is 9. The van der Waals surface area contributed by atoms with Crippen molar-refractivity contribution >= 4 is 45.4 Å². The van der Waals surface area contributed by atoms with E-state index in [9.17, 15) is 0 Å². The molecule has 2 saturated heterocycles. The highest BCUT2D eigenvalue weighted by atomic mass is 32.1. The quantitative estimate of drug-likeness (QED) is 0.414. The number of anilines is 1. The number of methoxy groups -OCH3 is 1. The lowest BCUT2D eigenvalue weighted by molar-refractivity contribution is 0.108. The van der Waals surface area contributed by atoms with E-state index in [1.165, 1.54) is 12.8 Å². The molecule has 0 aliphatic carbocycles. The number of ether oxygens (including phenoxy) is 2. The molecule has 0 saturated carbocycles. The second kappa shape index (κ2) is 12.2. The molecule has 0 spiro atoms. The fourth-order valence-corrected chi connectivity index (χ4v) is 5.96. The summed E-state index contributed by atoms with van der Waals surface area (Å²) in [5, 5.41) is 11.6. The van der Waals surface area contributed by atoms with Gasteiger partial charge in [-0.1, -0.05) is 6.92 Å². The van der Waals surface area contributed by atoms with Crippen molar-refractivity contribution in [2.45, 2.75) is 38.8 Å². The van der Waals surface area contributed by atoms with Crippen molar-refractivity contribution in [2.75, 3.05) is 51.3 Å². The number of fused-ring (bicyclic) bond motifs is 1. The lowest BCUT2D eigenvalue weighted by Gasteiger charge is -2.37. The number of hydrogen-bond donors (Lipinski definition) is 2. The van der Waals surface area contributed by atoms with Crippen molar-refractivity contribution in [3.63, 3.8) is 0 Å². The third-order valence-corrected chi connectivity index (χ3v) is 8.36. The van der Waals surface area contributed by atoms with Gasteiger partial charge in [-0.15, -0.1) is 11.3 Å². The van der Waals surface area contributed by atoms with Gasteiger partial charge in [-0.25, -0.2) is 15.0 Å². The van der Waals surface area contributed by atoms with Gasteiger partial charge in [-0.05, 0) is 44.1 Å². The van der Waals surface area contributed by atoms with E-state index in [0.29, 0.717) is 12.5 Å². The Bertz CT molecular complexity index is 1180. The van der Waals surface area contributed by atoms with Crippen LogP contribution >= 0.6 is 23.6 Å². The Labute approximate surface area is 227 Å². The lowest BCUT2D eigenvalue weighted by Crippen LogP contribution is -2.51. The van der Waals surface area contributed by atoms with E-state index in [1.807, 2.05) is 23.7 Å². The third-order valence-electron chi connectivity index (χ3n) is 7.18. The zero-order chi connectivity index (χ0) is 25.6. The SMILES string of the molecule is CCC(Oc1cc2ncnc(N3CCN(C(=S)NCc4nccs4)CC3)c2cc1OC)C1CCCNC1. The first kappa shape index (κ1) is 25.9. The number of thiazole rings is 1. The summed E-state index contributed by atoms with van der Waals surface area (Å²) < 4.78 is 12.3. The topological polar surface area (TPSA) is 87.7 Å². The Hall–Kier alpha value is -2.76. The van der Waals surface area contributed by atoms with Crippen LogP contribution < -0.4 is 25.0 Å². The fourth-order valence-electron chi connectivity index (χ4n) is 5.15. The van der Waals surface area contributed by atoms with Gasteiger partial charge in [0.25, 0.3) is 0 Å². The Balaban J connectivity index is 1.28. The number of benzene rings is 1. The van der Waals surface area contributed by atoms with Crippen LogP contribution in [0.25, 0.3) is 10.9 Å². The minimum atomic E-state index is 0.140. The molecule has 2 atom stereocenters. The van der Waals surface area contributed by atoms with Crippen LogP contribution in [0.15, 0.2) is 30.0 Å². The summed E-state index contributed by atoms with van der Waals surface area (Å²) in [6, 6.07) is 4.03. The van der Waals surface area contributed by atoms with Crippen LogP contribution in [-0.2, 0) is 6.54 Å². The molecular weight excluding hydrogens is 506 g/mol. The smallest absolute Gasteiger partial charge is 0.169 e. The Kier molecular flexibility index (Phi) is 8.52. The van der Waals surface area contributed by atoms with Gasteiger partial charge in [-0.3, -0.25) is 0 Å². The highest BCUT2D eigenvalue weighted by Gasteiger charge is 2.26. The van der Waals surface area contributed by atoms with Crippen LogP contribution in [0.1, 0.15) is 31.2 Å². The van der Waals surface area contributed by atoms with E-state index >= 15 is 0 Å². The molecule has 11 heteroatoms. The highest BCUT2D eigenvalue weighted by molar-refractivity contribution is 7.80. The number of aromatic nitrogens is 3. The van der Waals surface area contributed by atoms with E-state index in [2.05, 4.69) is 42.3 Å². The summed E-state index contributed by atoms with van der Waals surface area (Å²) in [5.41, 5.74) is 0.862. The molecule has 1 aromatic carbocycles. The van der Waals surface area contributed by atoms with Crippen LogP contribution in [0.5, 0.6) is 11.5 Å². The van der Waals surface area contributed by atoms with Gasteiger partial charge in [0.15, 0.2) is 16.6 Å². The van der Waals surface area contributed by atoms with E-state index < -0.39 is 0 Å². The van der Waals surface area contributed by atoms with Crippen molar-refractivity contribution in [2.24, 2.45) is 5.92 Å². The zero-order valence-electron chi connectivity index (χ0n) is 21.5. The molecule has 9 nitrogen and oxygen atoms in total. The normalized spacial score (nSPS) is 19.0. The second-order valence-corrected chi connectivity index (χ2v) is 10.8. The highest BCUT2D eigenvalue weighted by Crippen LogP contribution is 2.37. The average molecular weight is 542 g/mol. The van der Waals surface area contributed by atoms with Crippen LogP contribution in [-0.4, -0.2) is 77.4 Å². The molecule has 0 bridgehead atoms. The van der Waals surface area contributed by atoms with Crippen molar-refractivity contribution < 1.29 is 9.47 Å². The van der Waals surface area contributed by atoms with Gasteiger partial charge in [0, 0.05) is 61.7 Å². The summed E-state index contributed by atoms with van der Waals surface area (Å²) in [4.78, 5) is 18.1. The molecule has 198 valence electrons. The molecule has 37 heavy (non-hydrogen) atoms. The van der Waals surface area contributed by atoms with Gasteiger partial charge in [0.05, 0.1) is 19.2 Å². The average Bonchev–Trinajstić information content (AvgIpc) is 3.48. The first-order chi connectivity index (χ1) is 18.2. The van der Waals surface area contributed by atoms with E-state index in [0.717, 1.165) is 84.0 Å². The molecule has 2 fully saturated rings. The fraction of sp³-hybridized carbons (Fsp3) is 0.538. The van der Waals surface area contributed by atoms with E-state index in [4.69, 9.17) is 21.7 Å². The maximum atomic E-state index is 6.54. The predicted molar refractivity (Wildman–Crippen MR) is 152 cm³/mol. The number of thiocarbonyl (C=S) groups is 1. The summed E-state index contributed by atoms with van der Waals surface area (Å²) in [5.74, 6) is 2.88. The van der Waals surface area contributed by atoms with Crippen LogP contribution in [0.4, 0.5) is 5.82 Å². The van der Waals surface area contributed by atoms with Crippen LogP contribution in [0.3, 0.4) is 0 Å². The minimum Gasteiger partial charge on any atom is -0.493 e. The number of piperidine rings is 1. The monoisotopic (exact) mass is 541 g/mol. The largest absolute Gasteiger partial charge is 0.493 e. The molecule has 2 aliphatic rings. The summed E-state index contributed by atoms with van der Waals surface area (Å²) >= 11 is 7.26. The van der Waals surface area contributed by atoms with Gasteiger partial charge in [0.2, 0.25) is 0 Å². The van der Waals surface area contributed by atoms with Crippen LogP contribution in [0, 0.1) is 5.92 Å². The van der Waals surface area contributed by atoms with Crippen molar-refractivity contribution in [1.82, 2.24) is 30.5 Å². The minimum absolute atomic E-state index is 0.140. The Morgan fingerprint density at radius 3 is 2.78 bits per heavy atom. The maximum Gasteiger partial charge on any atom is 0.169 e. The molecule has 3 aromatic rings. The molecule has 0 amide bonds. The van der Waals surface area contributed by atoms with Crippen LogP contribution in [0.2, 0.25) is 0 Å². The lowest BCUT2D eigenvalue weighted by atomic mass is 9.92. The summed E-state index contributed by atoms with van der Waals surface area (Å²) in [6.07, 6.45) is 6.92. The molecule has 2 unspecified atom stereocenters. The van der Waals surface area contributed by atoms with Crippen molar-refractivity contribution in [3.05, 3.63) is 35.0 Å². The molecule has 5 rings (SSSR count). The molecule has 4 heterocycles. The standard InChI is InChI=1S/C26H35N7O2S2/c1-3-21(18-5-4-6-27-15-18)35-23-14-20-19(13-22(23)34-2)25(31-17-30-20)32-8-10-33(11-9-32)26(36)29-16-24-28-7-12-37-24/h7,12-14,17-18,21,27H,3-6,8-11,15-16H2,1-2H3,(H,29,36). The molecular formula is C26H35N7O2S2. The molecule has 2 aliphatic heterocycles.